The summed E-state index contributed by atoms with van der Waals surface area (Å²) in [4.78, 5) is 19.4. The van der Waals surface area contributed by atoms with Crippen LogP contribution in [-0.2, 0) is 4.79 Å². The lowest BCUT2D eigenvalue weighted by atomic mass is 10.0. The topological polar surface area (TPSA) is 52.8 Å². The van der Waals surface area contributed by atoms with Crippen LogP contribution in [0.3, 0.4) is 0 Å². The molecule has 21 heavy (non-hydrogen) atoms. The summed E-state index contributed by atoms with van der Waals surface area (Å²) in [5.41, 5.74) is 5.58. The van der Waals surface area contributed by atoms with Gasteiger partial charge in [0.1, 0.15) is 0 Å². The first-order chi connectivity index (χ1) is 9.75. The zero-order valence-corrected chi connectivity index (χ0v) is 14.9. The molecule has 1 aliphatic heterocycles. The van der Waals surface area contributed by atoms with Crippen molar-refractivity contribution < 1.29 is 4.79 Å². The van der Waals surface area contributed by atoms with Crippen molar-refractivity contribution in [1.82, 2.24) is 14.7 Å². The number of nitrogens with zero attached hydrogens (tertiary/aromatic N) is 3. The highest BCUT2D eigenvalue weighted by molar-refractivity contribution is 7.80. The molecule has 2 N–H and O–H groups in total. The summed E-state index contributed by atoms with van der Waals surface area (Å²) in [6, 6.07) is -0.0556. The number of carbonyl (C=O) groups is 1. The summed E-state index contributed by atoms with van der Waals surface area (Å²) >= 11 is 5.16. The largest absolute Gasteiger partial charge is 0.392 e. The van der Waals surface area contributed by atoms with Crippen molar-refractivity contribution in [3.8, 4) is 0 Å². The Labute approximate surface area is 134 Å². The van der Waals surface area contributed by atoms with Crippen molar-refractivity contribution in [2.45, 2.75) is 46.2 Å². The Hall–Kier alpha value is -0.720. The monoisotopic (exact) mass is 314 g/mol. The van der Waals surface area contributed by atoms with Crippen LogP contribution in [0.15, 0.2) is 0 Å². The molecule has 1 unspecified atom stereocenters. The van der Waals surface area contributed by atoms with E-state index in [0.717, 1.165) is 39.3 Å². The Bertz CT molecular complexity index is 374. The number of amides is 1. The smallest absolute Gasteiger partial charge is 0.239 e. The van der Waals surface area contributed by atoms with Gasteiger partial charge in [0.25, 0.3) is 0 Å². The van der Waals surface area contributed by atoms with Gasteiger partial charge in [0.15, 0.2) is 0 Å². The second kappa shape index (κ2) is 7.51. The highest BCUT2D eigenvalue weighted by atomic mass is 32.1. The zero-order valence-electron chi connectivity index (χ0n) is 14.1. The Balaban J connectivity index is 2.60. The summed E-state index contributed by atoms with van der Waals surface area (Å²) < 4.78 is 0. The minimum absolute atomic E-state index is 0.0556. The molecule has 1 heterocycles. The fourth-order valence-electron chi connectivity index (χ4n) is 2.78. The predicted octanol–water partition coefficient (Wildman–Crippen LogP) is 0.926. The van der Waals surface area contributed by atoms with E-state index in [4.69, 9.17) is 18.0 Å². The lowest BCUT2D eigenvalue weighted by molar-refractivity contribution is -0.136. The highest BCUT2D eigenvalue weighted by Gasteiger charge is 2.34. The molecule has 1 fully saturated rings. The first-order valence-electron chi connectivity index (χ1n) is 7.83. The van der Waals surface area contributed by atoms with Gasteiger partial charge in [-0.2, -0.15) is 0 Å². The van der Waals surface area contributed by atoms with Crippen LogP contribution in [0.2, 0.25) is 0 Å². The van der Waals surface area contributed by atoms with Crippen LogP contribution in [-0.4, -0.2) is 76.4 Å². The Morgan fingerprint density at radius 1 is 1.24 bits per heavy atom. The molecule has 0 spiro atoms. The third-order valence-electron chi connectivity index (χ3n) is 4.69. The maximum atomic E-state index is 12.4. The number of likely N-dealkylation sites (N-methyl/N-ethyl adjacent to an activating group) is 1. The quantitative estimate of drug-likeness (QED) is 0.739. The first kappa shape index (κ1) is 18.3. The van der Waals surface area contributed by atoms with Crippen LogP contribution < -0.4 is 5.73 Å². The highest BCUT2D eigenvalue weighted by Crippen LogP contribution is 2.18. The maximum absolute atomic E-state index is 12.4. The molecule has 6 heteroatoms. The Morgan fingerprint density at radius 2 is 1.71 bits per heavy atom. The van der Waals surface area contributed by atoms with Gasteiger partial charge >= 0.3 is 0 Å². The summed E-state index contributed by atoms with van der Waals surface area (Å²) in [6.07, 6.45) is 0. The molecule has 1 atom stereocenters. The maximum Gasteiger partial charge on any atom is 0.239 e. The van der Waals surface area contributed by atoms with Crippen molar-refractivity contribution in [2.24, 2.45) is 5.73 Å². The van der Waals surface area contributed by atoms with Crippen LogP contribution in [0, 0.1) is 0 Å². The van der Waals surface area contributed by atoms with E-state index in [1.807, 2.05) is 25.7 Å². The molecule has 0 aromatic rings. The van der Waals surface area contributed by atoms with Gasteiger partial charge in [-0.05, 0) is 34.6 Å². The van der Waals surface area contributed by atoms with E-state index < -0.39 is 0 Å². The number of carbonyl (C=O) groups excluding carboxylic acids is 1. The normalized spacial score (nSPS) is 19.3. The molecule has 1 rings (SSSR count). The van der Waals surface area contributed by atoms with Gasteiger partial charge < -0.3 is 10.6 Å². The predicted molar refractivity (Wildman–Crippen MR) is 91.4 cm³/mol. The fourth-order valence-corrected chi connectivity index (χ4v) is 2.91. The third-order valence-corrected chi connectivity index (χ3v) is 5.19. The van der Waals surface area contributed by atoms with E-state index in [-0.39, 0.29) is 17.5 Å². The van der Waals surface area contributed by atoms with Crippen molar-refractivity contribution >= 4 is 23.1 Å². The van der Waals surface area contributed by atoms with Crippen LogP contribution in [0.4, 0.5) is 0 Å². The van der Waals surface area contributed by atoms with Crippen molar-refractivity contribution in [2.75, 3.05) is 39.3 Å². The average Bonchev–Trinajstić information content (AvgIpc) is 2.47. The number of nitrogens with two attached hydrogens (primary N) is 1. The standard InChI is InChI=1S/C15H30N4OS/c1-6-17(7-2)13(20)12(3)18-8-10-19(11-9-18)15(4,5)14(16)21/h12H,6-11H2,1-5H3,(H2,16,21). The minimum atomic E-state index is -0.256. The second-order valence-electron chi connectivity index (χ2n) is 6.13. The van der Waals surface area contributed by atoms with Crippen molar-refractivity contribution in [3.63, 3.8) is 0 Å². The van der Waals surface area contributed by atoms with E-state index in [2.05, 4.69) is 23.6 Å². The molecule has 0 radical (unpaired) electrons. The van der Waals surface area contributed by atoms with Crippen LogP contribution in [0.1, 0.15) is 34.6 Å². The second-order valence-corrected chi connectivity index (χ2v) is 6.57. The number of piperazine rings is 1. The van der Waals surface area contributed by atoms with Gasteiger partial charge in [-0.15, -0.1) is 0 Å². The van der Waals surface area contributed by atoms with Crippen LogP contribution in [0.25, 0.3) is 0 Å². The Morgan fingerprint density at radius 3 is 2.10 bits per heavy atom. The molecule has 1 saturated heterocycles. The van der Waals surface area contributed by atoms with Gasteiger partial charge in [0.2, 0.25) is 5.91 Å². The molecule has 1 amide bonds. The molecule has 0 saturated carbocycles. The van der Waals surface area contributed by atoms with Gasteiger partial charge in [0.05, 0.1) is 16.6 Å². The summed E-state index contributed by atoms with van der Waals surface area (Å²) in [5.74, 6) is 0.224. The molecule has 0 aromatic carbocycles. The molecule has 122 valence electrons. The number of thiocarbonyl (C=S) groups is 1. The minimum Gasteiger partial charge on any atom is -0.392 e. The first-order valence-corrected chi connectivity index (χ1v) is 8.24. The number of hydrogen-bond donors (Lipinski definition) is 1. The van der Waals surface area contributed by atoms with E-state index in [1.165, 1.54) is 0 Å². The zero-order chi connectivity index (χ0) is 16.2. The lowest BCUT2D eigenvalue weighted by Crippen LogP contribution is -2.61. The molecular formula is C15H30N4OS. The van der Waals surface area contributed by atoms with E-state index in [9.17, 15) is 4.79 Å². The van der Waals surface area contributed by atoms with Crippen molar-refractivity contribution in [3.05, 3.63) is 0 Å². The van der Waals surface area contributed by atoms with Crippen molar-refractivity contribution in [1.29, 1.82) is 0 Å². The molecule has 0 bridgehead atoms. The van der Waals surface area contributed by atoms with Crippen LogP contribution >= 0.6 is 12.2 Å². The van der Waals surface area contributed by atoms with Gasteiger partial charge in [0, 0.05) is 39.3 Å². The number of rotatable bonds is 6. The molecule has 0 aliphatic carbocycles. The lowest BCUT2D eigenvalue weighted by Gasteiger charge is -2.45. The third kappa shape index (κ3) is 4.14. The molecular weight excluding hydrogens is 284 g/mol. The Kier molecular flexibility index (Phi) is 6.56. The molecule has 1 aliphatic rings. The molecule has 5 nitrogen and oxygen atoms in total. The van der Waals surface area contributed by atoms with E-state index in [0.29, 0.717) is 4.99 Å². The summed E-state index contributed by atoms with van der Waals surface area (Å²) in [5, 5.41) is 0. The fraction of sp³-hybridized carbons (Fsp3) is 0.867. The van der Waals surface area contributed by atoms with Crippen LogP contribution in [0.5, 0.6) is 0 Å². The van der Waals surface area contributed by atoms with Gasteiger partial charge in [-0.3, -0.25) is 14.6 Å². The molecule has 0 aromatic heterocycles. The van der Waals surface area contributed by atoms with E-state index in [1.54, 1.807) is 0 Å². The summed E-state index contributed by atoms with van der Waals surface area (Å²) in [6.45, 7) is 15.3. The summed E-state index contributed by atoms with van der Waals surface area (Å²) in [7, 11) is 0. The van der Waals surface area contributed by atoms with Gasteiger partial charge in [-0.25, -0.2) is 0 Å². The van der Waals surface area contributed by atoms with Gasteiger partial charge in [-0.1, -0.05) is 12.2 Å². The van der Waals surface area contributed by atoms with E-state index >= 15 is 0 Å². The number of hydrogen-bond acceptors (Lipinski definition) is 4. The SMILES string of the molecule is CCN(CC)C(=O)C(C)N1CCN(C(C)(C)C(N)=S)CC1. The average molecular weight is 314 g/mol.